The van der Waals surface area contributed by atoms with E-state index >= 15 is 0 Å². The Morgan fingerprint density at radius 3 is 2.28 bits per heavy atom. The van der Waals surface area contributed by atoms with Gasteiger partial charge in [0.2, 0.25) is 0 Å². The summed E-state index contributed by atoms with van der Waals surface area (Å²) in [6, 6.07) is 6.13. The maximum absolute atomic E-state index is 5.99. The highest BCUT2D eigenvalue weighted by Gasteiger charge is 2.12. The van der Waals surface area contributed by atoms with Gasteiger partial charge in [-0.05, 0) is 37.5 Å². The van der Waals surface area contributed by atoms with E-state index in [0.717, 1.165) is 24.5 Å². The molecule has 0 saturated carbocycles. The number of rotatable bonds is 2. The third-order valence-electron chi connectivity index (χ3n) is 3.36. The molecule has 2 aromatic rings. The van der Waals surface area contributed by atoms with Gasteiger partial charge >= 0.3 is 0 Å². The first-order valence-electron chi connectivity index (χ1n) is 6.33. The van der Waals surface area contributed by atoms with Gasteiger partial charge in [-0.2, -0.15) is 0 Å². The summed E-state index contributed by atoms with van der Waals surface area (Å²) in [5.74, 6) is 0. The van der Waals surface area contributed by atoms with Crippen LogP contribution >= 0.6 is 0 Å². The molecule has 2 N–H and O–H groups in total. The summed E-state index contributed by atoms with van der Waals surface area (Å²) in [6.07, 6.45) is 7.23. The number of anilines is 2. The Kier molecular flexibility index (Phi) is 2.88. The van der Waals surface area contributed by atoms with Crippen LogP contribution < -0.4 is 10.6 Å². The average Bonchev–Trinajstić information content (AvgIpc) is 2.93. The van der Waals surface area contributed by atoms with Crippen molar-refractivity contribution in [3.63, 3.8) is 0 Å². The molecule has 3 rings (SSSR count). The Balaban J connectivity index is 1.95. The Hall–Kier alpha value is -2.04. The zero-order valence-corrected chi connectivity index (χ0v) is 10.3. The minimum atomic E-state index is 0.779. The molecule has 0 aliphatic carbocycles. The van der Waals surface area contributed by atoms with E-state index in [1.807, 2.05) is 16.7 Å². The molecular formula is C13H17N5. The second-order valence-electron chi connectivity index (χ2n) is 4.70. The Morgan fingerprint density at radius 1 is 0.889 bits per heavy atom. The van der Waals surface area contributed by atoms with Crippen LogP contribution in [0.1, 0.15) is 19.3 Å². The van der Waals surface area contributed by atoms with Crippen LogP contribution in [0.4, 0.5) is 11.4 Å². The molecule has 18 heavy (non-hydrogen) atoms. The number of piperidine rings is 1. The molecular weight excluding hydrogens is 226 g/mol. The lowest BCUT2D eigenvalue weighted by Gasteiger charge is -2.29. The number of benzene rings is 1. The number of nitrogens with zero attached hydrogens (tertiary/aromatic N) is 4. The van der Waals surface area contributed by atoms with Gasteiger partial charge in [0.15, 0.2) is 0 Å². The molecule has 0 atom stereocenters. The predicted octanol–water partition coefficient (Wildman–Crippen LogP) is 1.84. The molecule has 0 radical (unpaired) electrons. The highest BCUT2D eigenvalue weighted by atomic mass is 15.2. The van der Waals surface area contributed by atoms with E-state index in [9.17, 15) is 0 Å². The van der Waals surface area contributed by atoms with Crippen molar-refractivity contribution in [2.24, 2.45) is 0 Å². The summed E-state index contributed by atoms with van der Waals surface area (Å²) >= 11 is 0. The van der Waals surface area contributed by atoms with Crippen LogP contribution in [0.2, 0.25) is 0 Å². The van der Waals surface area contributed by atoms with E-state index in [-0.39, 0.29) is 0 Å². The molecule has 1 aliphatic heterocycles. The van der Waals surface area contributed by atoms with Gasteiger partial charge in [0.05, 0.1) is 5.69 Å². The third kappa shape index (κ3) is 2.16. The molecule has 0 amide bonds. The number of nitrogen functional groups attached to an aromatic ring is 1. The topological polar surface area (TPSA) is 60.0 Å². The fourth-order valence-electron chi connectivity index (χ4n) is 2.44. The van der Waals surface area contributed by atoms with Crippen molar-refractivity contribution in [1.29, 1.82) is 0 Å². The fourth-order valence-corrected chi connectivity index (χ4v) is 2.44. The predicted molar refractivity (Wildman–Crippen MR) is 71.8 cm³/mol. The quantitative estimate of drug-likeness (QED) is 0.818. The highest BCUT2D eigenvalue weighted by Crippen LogP contribution is 2.25. The van der Waals surface area contributed by atoms with Crippen LogP contribution in [0.25, 0.3) is 5.69 Å². The van der Waals surface area contributed by atoms with E-state index in [1.54, 1.807) is 12.7 Å². The number of hydrogen-bond donors (Lipinski definition) is 1. The van der Waals surface area contributed by atoms with Crippen LogP contribution in [-0.4, -0.2) is 27.9 Å². The smallest absolute Gasteiger partial charge is 0.123 e. The minimum Gasteiger partial charge on any atom is -0.399 e. The average molecular weight is 243 g/mol. The molecule has 2 heterocycles. The van der Waals surface area contributed by atoms with Gasteiger partial charge in [0.25, 0.3) is 0 Å². The van der Waals surface area contributed by atoms with Crippen LogP contribution in [-0.2, 0) is 0 Å². The Labute approximate surface area is 106 Å². The summed E-state index contributed by atoms with van der Waals surface area (Å²) in [7, 11) is 0. The summed E-state index contributed by atoms with van der Waals surface area (Å²) in [5, 5.41) is 7.66. The number of nitrogens with two attached hydrogens (primary N) is 1. The lowest BCUT2D eigenvalue weighted by Crippen LogP contribution is -2.29. The van der Waals surface area contributed by atoms with Crippen LogP contribution in [0, 0.1) is 0 Å². The standard InChI is InChI=1S/C13H17N5/c14-11-6-12(17-4-2-1-3-5-17)8-13(7-11)18-9-15-16-10-18/h6-10H,1-5,14H2. The van der Waals surface area contributed by atoms with E-state index in [2.05, 4.69) is 21.2 Å². The number of hydrogen-bond acceptors (Lipinski definition) is 4. The molecule has 1 aromatic carbocycles. The fraction of sp³-hybridized carbons (Fsp3) is 0.385. The molecule has 0 unspecified atom stereocenters. The molecule has 94 valence electrons. The number of aromatic nitrogens is 3. The molecule has 5 heteroatoms. The zero-order valence-electron chi connectivity index (χ0n) is 10.3. The van der Waals surface area contributed by atoms with Crippen molar-refractivity contribution in [3.05, 3.63) is 30.9 Å². The first-order valence-corrected chi connectivity index (χ1v) is 6.33. The van der Waals surface area contributed by atoms with Gasteiger partial charge in [-0.1, -0.05) is 0 Å². The van der Waals surface area contributed by atoms with Crippen molar-refractivity contribution in [3.8, 4) is 5.69 Å². The lowest BCUT2D eigenvalue weighted by atomic mass is 10.1. The van der Waals surface area contributed by atoms with Gasteiger partial charge in [-0.15, -0.1) is 10.2 Å². The molecule has 1 aliphatic rings. The van der Waals surface area contributed by atoms with Crippen LogP contribution in [0.15, 0.2) is 30.9 Å². The maximum atomic E-state index is 5.99. The largest absolute Gasteiger partial charge is 0.399 e. The minimum absolute atomic E-state index is 0.779. The van der Waals surface area contributed by atoms with E-state index in [1.165, 1.54) is 24.9 Å². The summed E-state index contributed by atoms with van der Waals surface area (Å²) < 4.78 is 1.88. The first kappa shape index (κ1) is 11.1. The summed E-state index contributed by atoms with van der Waals surface area (Å²) in [4.78, 5) is 2.40. The highest BCUT2D eigenvalue weighted by molar-refractivity contribution is 5.62. The Bertz CT molecular complexity index is 514. The molecule has 5 nitrogen and oxygen atoms in total. The summed E-state index contributed by atoms with van der Waals surface area (Å²) in [5.41, 5.74) is 8.98. The van der Waals surface area contributed by atoms with Crippen molar-refractivity contribution >= 4 is 11.4 Å². The van der Waals surface area contributed by atoms with Crippen LogP contribution in [0.5, 0.6) is 0 Å². The van der Waals surface area contributed by atoms with Crippen LogP contribution in [0.3, 0.4) is 0 Å². The van der Waals surface area contributed by atoms with Crippen molar-refractivity contribution < 1.29 is 0 Å². The molecule has 0 spiro atoms. The maximum Gasteiger partial charge on any atom is 0.123 e. The van der Waals surface area contributed by atoms with E-state index < -0.39 is 0 Å². The monoisotopic (exact) mass is 243 g/mol. The first-order chi connectivity index (χ1) is 8.83. The normalized spacial score (nSPS) is 15.9. The van der Waals surface area contributed by atoms with E-state index in [0.29, 0.717) is 0 Å². The molecule has 1 aromatic heterocycles. The van der Waals surface area contributed by atoms with E-state index in [4.69, 9.17) is 5.73 Å². The second-order valence-corrected chi connectivity index (χ2v) is 4.70. The zero-order chi connectivity index (χ0) is 12.4. The molecule has 1 saturated heterocycles. The van der Waals surface area contributed by atoms with Gasteiger partial charge in [0, 0.05) is 24.5 Å². The van der Waals surface area contributed by atoms with Crippen molar-refractivity contribution in [2.75, 3.05) is 23.7 Å². The van der Waals surface area contributed by atoms with Gasteiger partial charge in [-0.3, -0.25) is 4.57 Å². The van der Waals surface area contributed by atoms with Gasteiger partial charge in [-0.25, -0.2) is 0 Å². The van der Waals surface area contributed by atoms with Gasteiger partial charge < -0.3 is 10.6 Å². The third-order valence-corrected chi connectivity index (χ3v) is 3.36. The Morgan fingerprint density at radius 2 is 1.56 bits per heavy atom. The van der Waals surface area contributed by atoms with Crippen molar-refractivity contribution in [2.45, 2.75) is 19.3 Å². The molecule has 1 fully saturated rings. The molecule has 0 bridgehead atoms. The second kappa shape index (κ2) is 4.68. The van der Waals surface area contributed by atoms with Gasteiger partial charge in [0.1, 0.15) is 12.7 Å². The summed E-state index contributed by atoms with van der Waals surface area (Å²) in [6.45, 7) is 2.23. The van der Waals surface area contributed by atoms with Crippen molar-refractivity contribution in [1.82, 2.24) is 14.8 Å². The SMILES string of the molecule is Nc1cc(N2CCCCC2)cc(-n2cnnc2)c1. The lowest BCUT2D eigenvalue weighted by molar-refractivity contribution is 0.578.